The molecule has 0 bridgehead atoms. The molecule has 2 aromatic rings. The van der Waals surface area contributed by atoms with E-state index < -0.39 is 0 Å². The average Bonchev–Trinajstić information content (AvgIpc) is 2.97. The third-order valence-corrected chi connectivity index (χ3v) is 4.87. The number of urea groups is 1. The van der Waals surface area contributed by atoms with Crippen molar-refractivity contribution in [3.8, 4) is 5.75 Å². The molecule has 27 heavy (non-hydrogen) atoms. The molecule has 0 unspecified atom stereocenters. The molecule has 0 spiro atoms. The van der Waals surface area contributed by atoms with Gasteiger partial charge >= 0.3 is 6.03 Å². The van der Waals surface area contributed by atoms with Gasteiger partial charge in [0.1, 0.15) is 5.75 Å². The van der Waals surface area contributed by atoms with Crippen LogP contribution in [0.2, 0.25) is 0 Å². The lowest BCUT2D eigenvalue weighted by atomic mass is 10.1. The largest absolute Gasteiger partial charge is 0.495 e. The lowest BCUT2D eigenvalue weighted by Crippen LogP contribution is -2.39. The Morgan fingerprint density at radius 1 is 1.11 bits per heavy atom. The zero-order valence-corrected chi connectivity index (χ0v) is 16.1. The second-order valence-corrected chi connectivity index (χ2v) is 6.98. The molecule has 1 saturated heterocycles. The molecule has 142 valence electrons. The monoisotopic (exact) mass is 367 g/mol. The molecule has 0 aromatic heterocycles. The van der Waals surface area contributed by atoms with E-state index in [0.29, 0.717) is 18.0 Å². The molecule has 0 saturated carbocycles. The van der Waals surface area contributed by atoms with E-state index >= 15 is 0 Å². The normalized spacial score (nSPS) is 16.4. The maximum Gasteiger partial charge on any atom is 0.319 e. The van der Waals surface area contributed by atoms with Crippen LogP contribution in [0.25, 0.3) is 0 Å². The van der Waals surface area contributed by atoms with Gasteiger partial charge in [-0.3, -0.25) is 4.79 Å². The third-order valence-electron chi connectivity index (χ3n) is 4.87. The molecular formula is C21H25N3O3. The van der Waals surface area contributed by atoms with Crippen LogP contribution < -0.4 is 20.3 Å². The summed E-state index contributed by atoms with van der Waals surface area (Å²) in [5.74, 6) is 0.603. The van der Waals surface area contributed by atoms with Crippen LogP contribution in [0.1, 0.15) is 23.1 Å². The molecule has 0 radical (unpaired) electrons. The Morgan fingerprint density at radius 2 is 1.89 bits per heavy atom. The van der Waals surface area contributed by atoms with Crippen molar-refractivity contribution in [2.75, 3.05) is 23.9 Å². The fourth-order valence-electron chi connectivity index (χ4n) is 3.21. The molecule has 1 aliphatic heterocycles. The van der Waals surface area contributed by atoms with Crippen LogP contribution in [0.15, 0.2) is 36.4 Å². The van der Waals surface area contributed by atoms with E-state index in [4.69, 9.17) is 4.74 Å². The highest BCUT2D eigenvalue weighted by molar-refractivity contribution is 5.98. The van der Waals surface area contributed by atoms with Crippen molar-refractivity contribution in [1.82, 2.24) is 5.32 Å². The SMILES string of the molecule is COc1ccc(C)cc1NC(=O)N[C@H]1CC(=O)N(c2ccc(C)c(C)c2)C1. The molecule has 1 fully saturated rings. The van der Waals surface area contributed by atoms with Crippen molar-refractivity contribution in [2.24, 2.45) is 0 Å². The van der Waals surface area contributed by atoms with Crippen molar-refractivity contribution >= 4 is 23.3 Å². The number of rotatable bonds is 4. The minimum Gasteiger partial charge on any atom is -0.495 e. The van der Waals surface area contributed by atoms with E-state index in [0.717, 1.165) is 16.8 Å². The first-order valence-electron chi connectivity index (χ1n) is 8.97. The molecule has 1 aliphatic rings. The third kappa shape index (κ3) is 4.22. The number of anilines is 2. The summed E-state index contributed by atoms with van der Waals surface area (Å²) in [6, 6.07) is 10.9. The van der Waals surface area contributed by atoms with Gasteiger partial charge in [-0.05, 0) is 61.7 Å². The minimum absolute atomic E-state index is 0.0108. The number of carbonyl (C=O) groups excluding carboxylic acids is 2. The number of nitrogens with zero attached hydrogens (tertiary/aromatic N) is 1. The summed E-state index contributed by atoms with van der Waals surface area (Å²) in [5.41, 5.74) is 4.81. The van der Waals surface area contributed by atoms with Gasteiger partial charge < -0.3 is 20.3 Å². The van der Waals surface area contributed by atoms with Crippen LogP contribution in [0, 0.1) is 20.8 Å². The zero-order chi connectivity index (χ0) is 19.6. The van der Waals surface area contributed by atoms with Gasteiger partial charge in [-0.2, -0.15) is 0 Å². The summed E-state index contributed by atoms with van der Waals surface area (Å²) in [4.78, 5) is 26.5. The van der Waals surface area contributed by atoms with Crippen LogP contribution in [0.4, 0.5) is 16.2 Å². The smallest absolute Gasteiger partial charge is 0.319 e. The molecule has 6 nitrogen and oxygen atoms in total. The minimum atomic E-state index is -0.348. The topological polar surface area (TPSA) is 70.7 Å². The number of benzene rings is 2. The second-order valence-electron chi connectivity index (χ2n) is 6.98. The van der Waals surface area contributed by atoms with Gasteiger partial charge in [-0.1, -0.05) is 12.1 Å². The van der Waals surface area contributed by atoms with Crippen LogP contribution in [-0.4, -0.2) is 31.6 Å². The van der Waals surface area contributed by atoms with Gasteiger partial charge in [0.25, 0.3) is 0 Å². The fraction of sp³-hybridized carbons (Fsp3) is 0.333. The Balaban J connectivity index is 1.65. The first-order chi connectivity index (χ1) is 12.9. The van der Waals surface area contributed by atoms with Gasteiger partial charge in [0, 0.05) is 18.7 Å². The Hall–Kier alpha value is -3.02. The van der Waals surface area contributed by atoms with E-state index in [1.165, 1.54) is 5.56 Å². The van der Waals surface area contributed by atoms with E-state index in [1.54, 1.807) is 12.0 Å². The van der Waals surface area contributed by atoms with Crippen LogP contribution in [0.3, 0.4) is 0 Å². The molecule has 1 atom stereocenters. The number of hydrogen-bond donors (Lipinski definition) is 2. The first kappa shape index (κ1) is 18.8. The Labute approximate surface area is 159 Å². The molecule has 2 aromatic carbocycles. The Morgan fingerprint density at radius 3 is 2.59 bits per heavy atom. The van der Waals surface area contributed by atoms with Crippen molar-refractivity contribution in [3.63, 3.8) is 0 Å². The zero-order valence-electron chi connectivity index (χ0n) is 16.1. The highest BCUT2D eigenvalue weighted by atomic mass is 16.5. The maximum atomic E-state index is 12.4. The number of ether oxygens (including phenoxy) is 1. The first-order valence-corrected chi connectivity index (χ1v) is 8.97. The summed E-state index contributed by atoms with van der Waals surface area (Å²) in [6.07, 6.45) is 0.283. The van der Waals surface area contributed by atoms with Gasteiger partial charge in [0.05, 0.1) is 18.8 Å². The van der Waals surface area contributed by atoms with Crippen molar-refractivity contribution in [3.05, 3.63) is 53.1 Å². The average molecular weight is 367 g/mol. The summed E-state index contributed by atoms with van der Waals surface area (Å²) in [5, 5.41) is 5.70. The highest BCUT2D eigenvalue weighted by Gasteiger charge is 2.31. The lowest BCUT2D eigenvalue weighted by Gasteiger charge is -2.19. The number of methoxy groups -OCH3 is 1. The van der Waals surface area contributed by atoms with Gasteiger partial charge in [0.15, 0.2) is 0 Å². The summed E-state index contributed by atoms with van der Waals surface area (Å²) >= 11 is 0. The van der Waals surface area contributed by atoms with Crippen LogP contribution in [-0.2, 0) is 4.79 Å². The fourth-order valence-corrected chi connectivity index (χ4v) is 3.21. The second kappa shape index (κ2) is 7.70. The van der Waals surface area contributed by atoms with E-state index in [1.807, 2.05) is 57.2 Å². The standard InChI is InChI=1S/C21H25N3O3/c1-13-5-8-19(27-4)18(9-13)23-21(26)22-16-11-20(25)24(12-16)17-7-6-14(2)15(3)10-17/h5-10,16H,11-12H2,1-4H3,(H2,22,23,26)/t16-/m0/s1. The van der Waals surface area contributed by atoms with Crippen molar-refractivity contribution in [1.29, 1.82) is 0 Å². The molecule has 0 aliphatic carbocycles. The molecular weight excluding hydrogens is 342 g/mol. The van der Waals surface area contributed by atoms with Crippen LogP contribution in [0.5, 0.6) is 5.75 Å². The molecule has 3 rings (SSSR count). The van der Waals surface area contributed by atoms with Gasteiger partial charge in [0.2, 0.25) is 5.91 Å². The predicted molar refractivity (Wildman–Crippen MR) is 107 cm³/mol. The molecule has 1 heterocycles. The molecule has 6 heteroatoms. The number of nitrogens with one attached hydrogen (secondary N) is 2. The number of amides is 3. The van der Waals surface area contributed by atoms with E-state index in [2.05, 4.69) is 10.6 Å². The number of carbonyl (C=O) groups is 2. The van der Waals surface area contributed by atoms with Gasteiger partial charge in [-0.15, -0.1) is 0 Å². The van der Waals surface area contributed by atoms with Crippen molar-refractivity contribution < 1.29 is 14.3 Å². The Bertz CT molecular complexity index is 879. The van der Waals surface area contributed by atoms with E-state index in [9.17, 15) is 9.59 Å². The maximum absolute atomic E-state index is 12.4. The molecule has 3 amide bonds. The van der Waals surface area contributed by atoms with Crippen LogP contribution >= 0.6 is 0 Å². The highest BCUT2D eigenvalue weighted by Crippen LogP contribution is 2.26. The summed E-state index contributed by atoms with van der Waals surface area (Å²) in [7, 11) is 1.56. The number of hydrogen-bond acceptors (Lipinski definition) is 3. The lowest BCUT2D eigenvalue weighted by molar-refractivity contribution is -0.117. The summed E-state index contributed by atoms with van der Waals surface area (Å²) in [6.45, 7) is 6.47. The predicted octanol–water partition coefficient (Wildman–Crippen LogP) is 3.55. The number of aryl methyl sites for hydroxylation is 3. The Kier molecular flexibility index (Phi) is 5.35. The molecule has 2 N–H and O–H groups in total. The van der Waals surface area contributed by atoms with E-state index in [-0.39, 0.29) is 24.4 Å². The van der Waals surface area contributed by atoms with Gasteiger partial charge in [-0.25, -0.2) is 4.79 Å². The van der Waals surface area contributed by atoms with Crippen molar-refractivity contribution in [2.45, 2.75) is 33.2 Å². The summed E-state index contributed by atoms with van der Waals surface area (Å²) < 4.78 is 5.28. The quantitative estimate of drug-likeness (QED) is 0.868.